The fourth-order valence-electron chi connectivity index (χ4n) is 4.15. The molecular weight excluding hydrogens is 560 g/mol. The third-order valence-electron chi connectivity index (χ3n) is 6.05. The molecule has 0 aliphatic carbocycles. The van der Waals surface area contributed by atoms with Crippen LogP contribution in [0.3, 0.4) is 0 Å². The Hall–Kier alpha value is -5.37. The molecule has 4 N–H and O–H groups in total. The summed E-state index contributed by atoms with van der Waals surface area (Å²) >= 11 is 0. The predicted octanol–water partition coefficient (Wildman–Crippen LogP) is 3.82. The molecule has 0 saturated carbocycles. The van der Waals surface area contributed by atoms with Crippen molar-refractivity contribution < 1.29 is 31.8 Å². The number of hydrogen-bond acceptors (Lipinski definition) is 8. The maximum Gasteiger partial charge on any atom is 0.335 e. The third-order valence-corrected chi connectivity index (χ3v) is 7.45. The van der Waals surface area contributed by atoms with E-state index in [-0.39, 0.29) is 39.7 Å². The van der Waals surface area contributed by atoms with E-state index in [9.17, 15) is 31.9 Å². The summed E-state index contributed by atoms with van der Waals surface area (Å²) in [5.74, 6) is -3.70. The molecule has 5 aromatic rings. The number of sulfonamides is 1. The van der Waals surface area contributed by atoms with Crippen LogP contribution >= 0.6 is 0 Å². The molecule has 3 aromatic carbocycles. The van der Waals surface area contributed by atoms with E-state index < -0.39 is 38.1 Å². The number of aromatic carboxylic acids is 1. The van der Waals surface area contributed by atoms with Crippen molar-refractivity contribution in [3.05, 3.63) is 100 Å². The Bertz CT molecular complexity index is 2030. The summed E-state index contributed by atoms with van der Waals surface area (Å²) in [7, 11) is -3.26. The number of anilines is 2. The van der Waals surface area contributed by atoms with Crippen molar-refractivity contribution in [2.45, 2.75) is 4.90 Å². The largest absolute Gasteiger partial charge is 0.480 e. The van der Waals surface area contributed by atoms with Crippen molar-refractivity contribution >= 4 is 38.5 Å². The standard InChI is InChI=1S/C27H19F2N5O6S/c1-40-24-22(33-41(38,39)23-8-6-17(28)12-20(23)29)11-16(13-31-24)14-5-7-21-19(10-14)25(35)34(27(30)32-21)18-4-2-3-15(9-18)26(36)37/h2-13,33H,1H3,(H2,30,32)(H,36,37). The van der Waals surface area contributed by atoms with Gasteiger partial charge in [0, 0.05) is 17.8 Å². The van der Waals surface area contributed by atoms with Crippen LogP contribution in [0.15, 0.2) is 82.6 Å². The molecule has 0 amide bonds. The molecule has 0 spiro atoms. The number of nitrogens with two attached hydrogens (primary N) is 1. The van der Waals surface area contributed by atoms with Crippen molar-refractivity contribution in [1.29, 1.82) is 0 Å². The second-order valence-corrected chi connectivity index (χ2v) is 10.3. The molecule has 0 unspecified atom stereocenters. The highest BCUT2D eigenvalue weighted by molar-refractivity contribution is 7.92. The zero-order valence-corrected chi connectivity index (χ0v) is 21.8. The Labute approximate surface area is 230 Å². The van der Waals surface area contributed by atoms with Crippen molar-refractivity contribution in [2.24, 2.45) is 0 Å². The zero-order chi connectivity index (χ0) is 29.5. The topological polar surface area (TPSA) is 166 Å². The average Bonchev–Trinajstić information content (AvgIpc) is 2.92. The summed E-state index contributed by atoms with van der Waals surface area (Å²) in [6.45, 7) is 0. The van der Waals surface area contributed by atoms with Crippen LogP contribution in [0, 0.1) is 11.6 Å². The first-order valence-corrected chi connectivity index (χ1v) is 13.1. The number of nitrogens with zero attached hydrogens (tertiary/aromatic N) is 3. The number of pyridine rings is 1. The number of hydrogen-bond donors (Lipinski definition) is 3. The lowest BCUT2D eigenvalue weighted by molar-refractivity contribution is 0.0696. The number of carbonyl (C=O) groups is 1. The number of carboxylic acids is 1. The van der Waals surface area contributed by atoms with Crippen LogP contribution in [0.5, 0.6) is 5.88 Å². The number of nitrogen functional groups attached to an aromatic ring is 1. The van der Waals surface area contributed by atoms with Gasteiger partial charge in [0.25, 0.3) is 15.6 Å². The average molecular weight is 580 g/mol. The highest BCUT2D eigenvalue weighted by atomic mass is 32.2. The zero-order valence-electron chi connectivity index (χ0n) is 21.0. The van der Waals surface area contributed by atoms with Gasteiger partial charge in [-0.3, -0.25) is 9.52 Å². The number of fused-ring (bicyclic) bond motifs is 1. The van der Waals surface area contributed by atoms with Gasteiger partial charge in [0.1, 0.15) is 22.2 Å². The Kier molecular flexibility index (Phi) is 6.84. The molecule has 2 aromatic heterocycles. The van der Waals surface area contributed by atoms with Crippen LogP contribution in [0.4, 0.5) is 20.4 Å². The SMILES string of the molecule is COc1ncc(-c2ccc3nc(N)n(-c4cccc(C(=O)O)c4)c(=O)c3c2)cc1NS(=O)(=O)c1ccc(F)cc1F. The van der Waals surface area contributed by atoms with Gasteiger partial charge in [0.2, 0.25) is 11.8 Å². The lowest BCUT2D eigenvalue weighted by Gasteiger charge is -2.14. The van der Waals surface area contributed by atoms with Crippen LogP contribution in [-0.4, -0.2) is 41.1 Å². The molecule has 0 saturated heterocycles. The van der Waals surface area contributed by atoms with Crippen LogP contribution in [0.1, 0.15) is 10.4 Å². The van der Waals surface area contributed by atoms with Crippen molar-refractivity contribution in [3.63, 3.8) is 0 Å². The van der Waals surface area contributed by atoms with Crippen molar-refractivity contribution in [2.75, 3.05) is 17.6 Å². The molecule has 0 fully saturated rings. The molecule has 5 rings (SSSR count). The van der Waals surface area contributed by atoms with Gasteiger partial charge in [-0.1, -0.05) is 12.1 Å². The molecular formula is C27H19F2N5O6S. The normalized spacial score (nSPS) is 11.4. The molecule has 14 heteroatoms. The quantitative estimate of drug-likeness (QED) is 0.260. The number of halogens is 2. The summed E-state index contributed by atoms with van der Waals surface area (Å²) < 4.78 is 61.7. The molecule has 0 radical (unpaired) electrons. The molecule has 41 heavy (non-hydrogen) atoms. The third kappa shape index (κ3) is 5.15. The van der Waals surface area contributed by atoms with Crippen molar-refractivity contribution in [1.82, 2.24) is 14.5 Å². The maximum atomic E-state index is 14.2. The van der Waals surface area contributed by atoms with Gasteiger partial charge in [-0.15, -0.1) is 0 Å². The van der Waals surface area contributed by atoms with Gasteiger partial charge in [0.05, 0.1) is 29.3 Å². The van der Waals surface area contributed by atoms with E-state index in [1.165, 1.54) is 55.8 Å². The van der Waals surface area contributed by atoms with Gasteiger partial charge in [-0.05, 0) is 54.1 Å². The minimum absolute atomic E-state index is 0.0533. The van der Waals surface area contributed by atoms with E-state index in [2.05, 4.69) is 14.7 Å². The summed E-state index contributed by atoms with van der Waals surface area (Å²) in [5, 5.41) is 9.45. The van der Waals surface area contributed by atoms with Crippen molar-refractivity contribution in [3.8, 4) is 22.7 Å². The molecule has 11 nitrogen and oxygen atoms in total. The molecule has 2 heterocycles. The summed E-state index contributed by atoms with van der Waals surface area (Å²) in [6.07, 6.45) is 1.37. The second kappa shape index (κ2) is 10.3. The Morgan fingerprint density at radius 2 is 1.83 bits per heavy atom. The van der Waals surface area contributed by atoms with E-state index in [0.29, 0.717) is 17.2 Å². The maximum absolute atomic E-state index is 14.2. The van der Waals surface area contributed by atoms with E-state index in [1.54, 1.807) is 6.07 Å². The molecule has 0 atom stereocenters. The Morgan fingerprint density at radius 1 is 1.05 bits per heavy atom. The lowest BCUT2D eigenvalue weighted by Crippen LogP contribution is -2.23. The number of benzene rings is 3. The first kappa shape index (κ1) is 27.2. The number of ether oxygens (including phenoxy) is 1. The van der Waals surface area contributed by atoms with E-state index in [4.69, 9.17) is 10.5 Å². The minimum atomic E-state index is -4.52. The summed E-state index contributed by atoms with van der Waals surface area (Å²) in [5.41, 5.74) is 6.49. The van der Waals surface area contributed by atoms with Gasteiger partial charge < -0.3 is 15.6 Å². The highest BCUT2D eigenvalue weighted by Gasteiger charge is 2.22. The number of rotatable bonds is 7. The summed E-state index contributed by atoms with van der Waals surface area (Å²) in [6, 6.07) is 13.7. The van der Waals surface area contributed by atoms with E-state index >= 15 is 0 Å². The first-order chi connectivity index (χ1) is 19.5. The van der Waals surface area contributed by atoms with Gasteiger partial charge in [-0.25, -0.2) is 36.5 Å². The van der Waals surface area contributed by atoms with E-state index in [0.717, 1.165) is 16.7 Å². The van der Waals surface area contributed by atoms with E-state index in [1.807, 2.05) is 0 Å². The molecule has 0 aliphatic rings. The van der Waals surface area contributed by atoms with Crippen LogP contribution < -0.4 is 20.8 Å². The van der Waals surface area contributed by atoms with Gasteiger partial charge in [-0.2, -0.15) is 0 Å². The molecule has 208 valence electrons. The van der Waals surface area contributed by atoms with Crippen LogP contribution in [0.25, 0.3) is 27.7 Å². The van der Waals surface area contributed by atoms with Crippen LogP contribution in [-0.2, 0) is 10.0 Å². The number of carboxylic acid groups (broad SMARTS) is 1. The fourth-order valence-corrected chi connectivity index (χ4v) is 5.26. The Balaban J connectivity index is 1.60. The second-order valence-electron chi connectivity index (χ2n) is 8.66. The highest BCUT2D eigenvalue weighted by Crippen LogP contribution is 2.31. The monoisotopic (exact) mass is 579 g/mol. The predicted molar refractivity (Wildman–Crippen MR) is 146 cm³/mol. The minimum Gasteiger partial charge on any atom is -0.480 e. The molecule has 0 bridgehead atoms. The lowest BCUT2D eigenvalue weighted by atomic mass is 10.0. The number of aromatic nitrogens is 3. The molecule has 0 aliphatic heterocycles. The first-order valence-electron chi connectivity index (χ1n) is 11.7. The Morgan fingerprint density at radius 3 is 2.54 bits per heavy atom. The number of methoxy groups -OCH3 is 1. The van der Waals surface area contributed by atoms with Gasteiger partial charge in [0.15, 0.2) is 0 Å². The smallest absolute Gasteiger partial charge is 0.335 e. The summed E-state index contributed by atoms with van der Waals surface area (Å²) in [4.78, 5) is 32.5. The number of nitrogens with one attached hydrogen (secondary N) is 1. The van der Waals surface area contributed by atoms with Gasteiger partial charge >= 0.3 is 5.97 Å². The van der Waals surface area contributed by atoms with Crippen LogP contribution in [0.2, 0.25) is 0 Å². The fraction of sp³-hybridized carbons (Fsp3) is 0.0370.